The molecule has 6 aromatic carbocycles. The van der Waals surface area contributed by atoms with Crippen molar-refractivity contribution in [2.45, 2.75) is 104 Å². The lowest BCUT2D eigenvalue weighted by Gasteiger charge is -2.27. The Kier molecular flexibility index (Phi) is 20.0. The van der Waals surface area contributed by atoms with E-state index in [1.165, 1.54) is 34.1 Å². The molecular formula is C67H70Cl2N4O12. The summed E-state index contributed by atoms with van der Waals surface area (Å²) in [4.78, 5) is 81.0. The van der Waals surface area contributed by atoms with Gasteiger partial charge in [0.15, 0.2) is 0 Å². The highest BCUT2D eigenvalue weighted by molar-refractivity contribution is 6.40. The van der Waals surface area contributed by atoms with Gasteiger partial charge >= 0.3 is 0 Å². The maximum Gasteiger partial charge on any atom is 0.270 e. The topological polar surface area (TPSA) is 198 Å². The number of carbonyl (C=O) groups is 4. The number of imide groups is 2. The van der Waals surface area contributed by atoms with Gasteiger partial charge < -0.3 is 18.9 Å². The van der Waals surface area contributed by atoms with E-state index in [1.54, 1.807) is 60.7 Å². The van der Waals surface area contributed by atoms with Crippen molar-refractivity contribution in [3.8, 4) is 23.0 Å². The van der Waals surface area contributed by atoms with Crippen molar-refractivity contribution in [3.63, 3.8) is 0 Å². The first-order valence-corrected chi connectivity index (χ1v) is 29.3. The highest BCUT2D eigenvalue weighted by Crippen LogP contribution is 2.44. The molecule has 0 aromatic heterocycles. The molecule has 2 aliphatic heterocycles. The molecule has 0 N–H and O–H groups in total. The molecule has 9 rings (SSSR count). The molecule has 0 saturated carbocycles. The summed E-state index contributed by atoms with van der Waals surface area (Å²) in [6, 6.07) is 27.7. The van der Waals surface area contributed by atoms with Gasteiger partial charge in [0.05, 0.1) is 50.7 Å². The summed E-state index contributed by atoms with van der Waals surface area (Å²) in [6.07, 6.45) is 5.31. The number of nitrogens with zero attached hydrogens (tertiary/aromatic N) is 4. The summed E-state index contributed by atoms with van der Waals surface area (Å²) in [5.41, 5.74) is 6.78. The van der Waals surface area contributed by atoms with E-state index in [0.29, 0.717) is 115 Å². The number of halogens is 2. The van der Waals surface area contributed by atoms with Crippen LogP contribution in [0.4, 0.5) is 11.4 Å². The molecule has 2 heterocycles. The summed E-state index contributed by atoms with van der Waals surface area (Å²) < 4.78 is 27.0. The average molecular weight is 1190 g/mol. The summed E-state index contributed by atoms with van der Waals surface area (Å²) in [6.45, 7) is 21.1. The lowest BCUT2D eigenvalue weighted by molar-refractivity contribution is -0.385. The predicted octanol–water partition coefficient (Wildman–Crippen LogP) is 14.2. The van der Waals surface area contributed by atoms with E-state index in [2.05, 4.69) is 54.7 Å². The van der Waals surface area contributed by atoms with Crippen LogP contribution in [0.5, 0.6) is 23.0 Å². The van der Waals surface area contributed by atoms with Crippen molar-refractivity contribution >= 4 is 58.2 Å². The largest absolute Gasteiger partial charge is 0.493 e. The van der Waals surface area contributed by atoms with E-state index >= 15 is 0 Å². The Morgan fingerprint density at radius 1 is 0.471 bits per heavy atom. The van der Waals surface area contributed by atoms with Crippen LogP contribution in [-0.4, -0.2) is 88.1 Å². The van der Waals surface area contributed by atoms with Crippen molar-refractivity contribution in [3.05, 3.63) is 220 Å². The van der Waals surface area contributed by atoms with Gasteiger partial charge in [0.1, 0.15) is 36.2 Å². The molecule has 0 atom stereocenters. The Hall–Kier alpha value is -8.34. The van der Waals surface area contributed by atoms with Gasteiger partial charge in [-0.1, -0.05) is 115 Å². The fraction of sp³-hybridized carbons (Fsp3) is 0.343. The minimum Gasteiger partial charge on any atom is -0.493 e. The molecule has 0 saturated heterocycles. The number of hydrogen-bond acceptors (Lipinski definition) is 12. The van der Waals surface area contributed by atoms with Gasteiger partial charge in [0.25, 0.3) is 35.0 Å². The molecule has 0 radical (unpaired) electrons. The summed E-state index contributed by atoms with van der Waals surface area (Å²) in [7, 11) is 0. The van der Waals surface area contributed by atoms with E-state index in [-0.39, 0.29) is 106 Å². The number of amides is 4. The smallest absolute Gasteiger partial charge is 0.270 e. The molecule has 3 aliphatic rings. The Morgan fingerprint density at radius 3 is 0.976 bits per heavy atom. The SMILES string of the molecule is C=CCOc1c2cc([N+](=O)[O-])cc1Cc1cc(C(C)(C)C)cc(c1OCCCCN1C(=O)c3ccccc3C1=O)Cc1cc([N+](=O)[O-])cc(c1OCC=C)Cc1cc(C(C)(C)C)cc(c1OCCCCN1C(=O)c3ccccc3C1=O)C2.ClCCl. The second-order valence-electron chi connectivity index (χ2n) is 23.2. The number of fused-ring (bicyclic) bond motifs is 10. The lowest BCUT2D eigenvalue weighted by Crippen LogP contribution is -2.30. The van der Waals surface area contributed by atoms with Gasteiger partial charge in [-0.2, -0.15) is 0 Å². The fourth-order valence-corrected chi connectivity index (χ4v) is 10.9. The van der Waals surface area contributed by atoms with Crippen LogP contribution in [0.25, 0.3) is 0 Å². The number of non-ortho nitro benzene ring substituents is 2. The monoisotopic (exact) mass is 1190 g/mol. The third kappa shape index (κ3) is 14.3. The van der Waals surface area contributed by atoms with E-state index in [9.17, 15) is 39.4 Å². The molecule has 16 nitrogen and oxygen atoms in total. The first-order chi connectivity index (χ1) is 40.6. The Bertz CT molecular complexity index is 3200. The third-order valence-corrected chi connectivity index (χ3v) is 15.1. The van der Waals surface area contributed by atoms with Crippen molar-refractivity contribution < 1.29 is 48.0 Å². The first kappa shape index (κ1) is 62.7. The molecule has 6 aromatic rings. The van der Waals surface area contributed by atoms with Crippen LogP contribution in [0.3, 0.4) is 0 Å². The summed E-state index contributed by atoms with van der Waals surface area (Å²) in [5, 5.41) is 26.4. The van der Waals surface area contributed by atoms with Gasteiger partial charge in [-0.3, -0.25) is 49.2 Å². The van der Waals surface area contributed by atoms with E-state index in [4.69, 9.17) is 42.1 Å². The Labute approximate surface area is 505 Å². The summed E-state index contributed by atoms with van der Waals surface area (Å²) >= 11 is 9.53. The predicted molar refractivity (Wildman–Crippen MR) is 329 cm³/mol. The normalized spacial score (nSPS) is 13.6. The quantitative estimate of drug-likeness (QED) is 0.0175. The molecular weight excluding hydrogens is 1120 g/mol. The van der Waals surface area contributed by atoms with Gasteiger partial charge in [-0.05, 0) is 94.2 Å². The van der Waals surface area contributed by atoms with Crippen molar-refractivity contribution in [1.29, 1.82) is 0 Å². The van der Waals surface area contributed by atoms with Crippen LogP contribution in [-0.2, 0) is 36.5 Å². The third-order valence-electron chi connectivity index (χ3n) is 15.1. The molecule has 18 heteroatoms. The number of hydrogen-bond donors (Lipinski definition) is 0. The zero-order chi connectivity index (χ0) is 61.3. The lowest BCUT2D eigenvalue weighted by atomic mass is 9.81. The van der Waals surface area contributed by atoms with Crippen LogP contribution in [0, 0.1) is 20.2 Å². The van der Waals surface area contributed by atoms with E-state index in [1.807, 2.05) is 24.3 Å². The highest BCUT2D eigenvalue weighted by Gasteiger charge is 2.36. The van der Waals surface area contributed by atoms with E-state index < -0.39 is 20.7 Å². The van der Waals surface area contributed by atoms with Gasteiger partial charge in [-0.25, -0.2) is 0 Å². The molecule has 85 heavy (non-hydrogen) atoms. The Morgan fingerprint density at radius 2 is 0.729 bits per heavy atom. The Balaban J connectivity index is 0.00000307. The number of alkyl halides is 2. The number of unbranched alkanes of at least 4 members (excludes halogenated alkanes) is 2. The van der Waals surface area contributed by atoms with E-state index in [0.717, 1.165) is 11.1 Å². The van der Waals surface area contributed by atoms with Crippen molar-refractivity contribution in [1.82, 2.24) is 9.80 Å². The first-order valence-electron chi connectivity index (χ1n) is 28.3. The standard InChI is InChI=1S/C66H68N4O12.CH2Cl2/c1-9-25-79-59-45-29-41-33-49(65(3,4)5)35-43(57(41)81-27-17-15-23-67-61(71)53-19-11-12-20-54(53)62(67)72)31-47-39-52(70(77)78)40-48(60(47)80-26-10-2)32-44-36-50(66(6,7)8)34-42(30-46(59)38-51(37-45)69(75)76)58(44)82-28-18-16-24-68-63(73)55-21-13-14-22-56(55)64(68)74;2-1-3/h9-14,19-22,33-40H,1-2,15-18,23-32H2,3-8H3;1H2. The second-order valence-corrected chi connectivity index (χ2v) is 24.0. The number of carbonyl (C=O) groups excluding carboxylic acids is 4. The van der Waals surface area contributed by atoms with Crippen LogP contribution in [0.2, 0.25) is 0 Å². The number of nitro groups is 2. The second kappa shape index (κ2) is 27.1. The maximum absolute atomic E-state index is 13.3. The van der Waals surface area contributed by atoms with Gasteiger partial charge in [0.2, 0.25) is 0 Å². The van der Waals surface area contributed by atoms with Crippen LogP contribution >= 0.6 is 23.2 Å². The van der Waals surface area contributed by atoms with Gasteiger partial charge in [0, 0.05) is 85.3 Å². The summed E-state index contributed by atoms with van der Waals surface area (Å²) in [5.74, 6) is 0.377. The van der Waals surface area contributed by atoms with Crippen LogP contribution in [0.15, 0.2) is 122 Å². The zero-order valence-electron chi connectivity index (χ0n) is 48.9. The molecule has 0 fully saturated rings. The van der Waals surface area contributed by atoms with Crippen molar-refractivity contribution in [2.24, 2.45) is 0 Å². The molecule has 444 valence electrons. The number of ether oxygens (including phenoxy) is 4. The average Bonchev–Trinajstić information content (AvgIpc) is 2.26. The van der Waals surface area contributed by atoms with Crippen LogP contribution < -0.4 is 18.9 Å². The molecule has 0 unspecified atom stereocenters. The van der Waals surface area contributed by atoms with Crippen molar-refractivity contribution in [2.75, 3.05) is 44.9 Å². The minimum absolute atomic E-state index is 0.0756. The maximum atomic E-state index is 13.3. The molecule has 1 aliphatic carbocycles. The van der Waals surface area contributed by atoms with Crippen LogP contribution in [0.1, 0.15) is 164 Å². The number of nitro benzene ring substituents is 2. The molecule has 8 bridgehead atoms. The number of rotatable bonds is 20. The fourth-order valence-electron chi connectivity index (χ4n) is 10.9. The highest BCUT2D eigenvalue weighted by atomic mass is 35.5. The molecule has 0 spiro atoms. The zero-order valence-corrected chi connectivity index (χ0v) is 50.4. The minimum atomic E-state index is -0.444. The van der Waals surface area contributed by atoms with Gasteiger partial charge in [-0.15, -0.1) is 23.2 Å². The molecule has 4 amide bonds. The number of benzene rings is 6.